The molecule has 1 aromatic carbocycles. The first-order chi connectivity index (χ1) is 16.2. The Labute approximate surface area is 205 Å². The van der Waals surface area contributed by atoms with E-state index >= 15 is 0 Å². The van der Waals surface area contributed by atoms with E-state index in [9.17, 15) is 4.79 Å². The minimum atomic E-state index is -1.78. The number of aromatic nitrogens is 2. The average molecular weight is 475 g/mol. The predicted molar refractivity (Wildman–Crippen MR) is 142 cm³/mol. The molecule has 4 nitrogen and oxygen atoms in total. The Morgan fingerprint density at radius 2 is 1.74 bits per heavy atom. The van der Waals surface area contributed by atoms with Crippen LogP contribution >= 0.6 is 0 Å². The maximum Gasteiger partial charge on any atom is 0.191 e. The zero-order valence-electron chi connectivity index (χ0n) is 21.4. The number of pyridine rings is 1. The third kappa shape index (κ3) is 5.11. The Morgan fingerprint density at radius 3 is 2.41 bits per heavy atom. The van der Waals surface area contributed by atoms with Crippen LogP contribution in [-0.4, -0.2) is 30.3 Å². The molecule has 0 atom stereocenters. The highest BCUT2D eigenvalue weighted by Crippen LogP contribution is 2.39. The van der Waals surface area contributed by atoms with E-state index in [0.29, 0.717) is 12.2 Å². The molecule has 0 spiro atoms. The van der Waals surface area contributed by atoms with Gasteiger partial charge >= 0.3 is 0 Å². The van der Waals surface area contributed by atoms with Crippen molar-refractivity contribution in [2.75, 3.05) is 6.61 Å². The molecule has 0 fully saturated rings. The molecule has 1 aliphatic rings. The SMILES string of the molecule is CC(C)(C)[Si](C)(C)OCCCn1c2c(c(Cc3ccccc3)c1-c1ccncc1)C(=O)CCC2. The predicted octanol–water partition coefficient (Wildman–Crippen LogP) is 7.07. The fourth-order valence-corrected chi connectivity index (χ4v) is 5.77. The lowest BCUT2D eigenvalue weighted by Crippen LogP contribution is -2.41. The maximum atomic E-state index is 13.2. The molecule has 0 radical (unpaired) electrons. The number of Topliss-reactive ketones (excluding diaryl/α,β-unsaturated/α-hetero) is 1. The molecule has 0 aliphatic heterocycles. The van der Waals surface area contributed by atoms with Gasteiger partial charge in [0.05, 0.1) is 5.69 Å². The number of hydrogen-bond donors (Lipinski definition) is 0. The van der Waals surface area contributed by atoms with E-state index in [1.807, 2.05) is 18.5 Å². The molecular weight excluding hydrogens is 436 g/mol. The second-order valence-corrected chi connectivity index (χ2v) is 15.7. The van der Waals surface area contributed by atoms with Crippen molar-refractivity contribution in [3.8, 4) is 11.3 Å². The van der Waals surface area contributed by atoms with Crippen molar-refractivity contribution < 1.29 is 9.22 Å². The lowest BCUT2D eigenvalue weighted by Gasteiger charge is -2.36. The second-order valence-electron chi connectivity index (χ2n) is 10.9. The first kappa shape index (κ1) is 24.6. The van der Waals surface area contributed by atoms with E-state index in [-0.39, 0.29) is 5.04 Å². The van der Waals surface area contributed by atoms with E-state index in [1.165, 1.54) is 22.5 Å². The van der Waals surface area contributed by atoms with Crippen LogP contribution in [0.4, 0.5) is 0 Å². The van der Waals surface area contributed by atoms with Crippen LogP contribution in [0.1, 0.15) is 67.2 Å². The normalized spacial score (nSPS) is 14.3. The lowest BCUT2D eigenvalue weighted by molar-refractivity contribution is 0.0971. The number of fused-ring (bicyclic) bond motifs is 1. The van der Waals surface area contributed by atoms with Gasteiger partial charge < -0.3 is 8.99 Å². The molecule has 0 N–H and O–H groups in total. The van der Waals surface area contributed by atoms with Gasteiger partial charge in [-0.05, 0) is 60.7 Å². The number of ketones is 1. The molecule has 4 rings (SSSR count). The van der Waals surface area contributed by atoms with E-state index in [0.717, 1.165) is 50.0 Å². The molecule has 0 unspecified atom stereocenters. The molecule has 0 bridgehead atoms. The van der Waals surface area contributed by atoms with Crippen LogP contribution in [0.15, 0.2) is 54.9 Å². The fraction of sp³-hybridized carbons (Fsp3) is 0.448. The van der Waals surface area contributed by atoms with Crippen LogP contribution in [0.2, 0.25) is 18.1 Å². The summed E-state index contributed by atoms with van der Waals surface area (Å²) in [6.45, 7) is 13.1. The third-order valence-corrected chi connectivity index (χ3v) is 12.1. The summed E-state index contributed by atoms with van der Waals surface area (Å²) in [4.78, 5) is 17.5. The van der Waals surface area contributed by atoms with E-state index in [1.54, 1.807) is 0 Å². The molecule has 2 heterocycles. The third-order valence-electron chi connectivity index (χ3n) is 7.54. The summed E-state index contributed by atoms with van der Waals surface area (Å²) in [7, 11) is -1.78. The van der Waals surface area contributed by atoms with Gasteiger partial charge in [-0.25, -0.2) is 0 Å². The summed E-state index contributed by atoms with van der Waals surface area (Å²) in [6.07, 6.45) is 7.92. The van der Waals surface area contributed by atoms with Gasteiger partial charge in [-0.2, -0.15) is 0 Å². The van der Waals surface area contributed by atoms with Crippen molar-refractivity contribution in [1.82, 2.24) is 9.55 Å². The van der Waals surface area contributed by atoms with Gasteiger partial charge in [0.1, 0.15) is 0 Å². The van der Waals surface area contributed by atoms with Gasteiger partial charge in [0, 0.05) is 55.2 Å². The van der Waals surface area contributed by atoms with Crippen molar-refractivity contribution in [3.05, 3.63) is 77.2 Å². The van der Waals surface area contributed by atoms with Crippen molar-refractivity contribution in [1.29, 1.82) is 0 Å². The molecule has 5 heteroatoms. The highest BCUT2D eigenvalue weighted by Gasteiger charge is 2.37. The summed E-state index contributed by atoms with van der Waals surface area (Å²) < 4.78 is 8.90. The van der Waals surface area contributed by atoms with Gasteiger partial charge in [0.15, 0.2) is 14.1 Å². The lowest BCUT2D eigenvalue weighted by atomic mass is 9.90. The second kappa shape index (κ2) is 10.0. The summed E-state index contributed by atoms with van der Waals surface area (Å²) in [5, 5.41) is 0.205. The molecule has 3 aromatic rings. The monoisotopic (exact) mass is 474 g/mol. The van der Waals surface area contributed by atoms with Gasteiger partial charge in [-0.3, -0.25) is 9.78 Å². The highest BCUT2D eigenvalue weighted by atomic mass is 28.4. The standard InChI is InChI=1S/C29H38N2O2Si/c1-29(2,3)34(4,5)33-20-10-19-31-25-13-9-14-26(32)27(25)24(21-22-11-7-6-8-12-22)28(31)23-15-17-30-18-16-23/h6-8,11-12,15-18H,9-10,13-14,19-21H2,1-5H3. The number of hydrogen-bond acceptors (Lipinski definition) is 3. The average Bonchev–Trinajstić information content (AvgIpc) is 3.11. The smallest absolute Gasteiger partial charge is 0.191 e. The first-order valence-electron chi connectivity index (χ1n) is 12.5. The number of rotatable bonds is 8. The van der Waals surface area contributed by atoms with Gasteiger partial charge in [-0.1, -0.05) is 51.1 Å². The zero-order valence-corrected chi connectivity index (χ0v) is 22.4. The first-order valence-corrected chi connectivity index (χ1v) is 15.5. The number of nitrogens with zero attached hydrogens (tertiary/aromatic N) is 2. The minimum absolute atomic E-state index is 0.205. The molecular formula is C29H38N2O2Si. The molecule has 34 heavy (non-hydrogen) atoms. The Hall–Kier alpha value is -2.50. The van der Waals surface area contributed by atoms with Crippen LogP contribution in [0.3, 0.4) is 0 Å². The van der Waals surface area contributed by atoms with Gasteiger partial charge in [0.2, 0.25) is 0 Å². The highest BCUT2D eigenvalue weighted by molar-refractivity contribution is 6.74. The maximum absolute atomic E-state index is 13.2. The molecule has 180 valence electrons. The zero-order chi connectivity index (χ0) is 24.3. The quantitative estimate of drug-likeness (QED) is 0.259. The summed E-state index contributed by atoms with van der Waals surface area (Å²) in [5.74, 6) is 0.291. The van der Waals surface area contributed by atoms with Crippen LogP contribution in [0.25, 0.3) is 11.3 Å². The Balaban J connectivity index is 1.72. The van der Waals surface area contributed by atoms with Crippen molar-refractivity contribution >= 4 is 14.1 Å². The van der Waals surface area contributed by atoms with E-state index in [2.05, 4.69) is 79.8 Å². The molecule has 0 saturated carbocycles. The van der Waals surface area contributed by atoms with E-state index < -0.39 is 8.32 Å². The molecule has 0 saturated heterocycles. The summed E-state index contributed by atoms with van der Waals surface area (Å²) in [6, 6.07) is 14.6. The Bertz CT molecular complexity index is 1130. The largest absolute Gasteiger partial charge is 0.417 e. The topological polar surface area (TPSA) is 44.1 Å². The van der Waals surface area contributed by atoms with Crippen molar-refractivity contribution in [2.24, 2.45) is 0 Å². The van der Waals surface area contributed by atoms with Gasteiger partial charge in [-0.15, -0.1) is 0 Å². The van der Waals surface area contributed by atoms with Crippen LogP contribution in [0, 0.1) is 0 Å². The molecule has 2 aromatic heterocycles. The van der Waals surface area contributed by atoms with E-state index in [4.69, 9.17) is 4.43 Å². The van der Waals surface area contributed by atoms with Crippen LogP contribution in [0.5, 0.6) is 0 Å². The Kier molecular flexibility index (Phi) is 7.24. The van der Waals surface area contributed by atoms with Crippen LogP contribution in [-0.2, 0) is 23.8 Å². The summed E-state index contributed by atoms with van der Waals surface area (Å²) >= 11 is 0. The number of benzene rings is 1. The van der Waals surface area contributed by atoms with Crippen molar-refractivity contribution in [2.45, 2.75) is 77.6 Å². The van der Waals surface area contributed by atoms with Gasteiger partial charge in [0.25, 0.3) is 0 Å². The van der Waals surface area contributed by atoms with Crippen molar-refractivity contribution in [3.63, 3.8) is 0 Å². The molecule has 1 aliphatic carbocycles. The van der Waals surface area contributed by atoms with Crippen LogP contribution < -0.4 is 0 Å². The Morgan fingerprint density at radius 1 is 1.03 bits per heavy atom. The molecule has 0 amide bonds. The fourth-order valence-electron chi connectivity index (χ4n) is 4.68. The number of carbonyl (C=O) groups is 1. The summed E-state index contributed by atoms with van der Waals surface area (Å²) in [5.41, 5.74) is 6.89. The minimum Gasteiger partial charge on any atom is -0.417 e. The number of carbonyl (C=O) groups excluding carboxylic acids is 1.